The van der Waals surface area contributed by atoms with Crippen molar-refractivity contribution in [1.29, 1.82) is 0 Å². The van der Waals surface area contributed by atoms with Crippen LogP contribution < -0.4 is 0 Å². The van der Waals surface area contributed by atoms with E-state index in [0.29, 0.717) is 19.4 Å². The summed E-state index contributed by atoms with van der Waals surface area (Å²) in [6.07, 6.45) is 67.0. The van der Waals surface area contributed by atoms with E-state index in [1.165, 1.54) is 70.6 Å². The topological polar surface area (TPSA) is 61.8 Å². The molecule has 0 bridgehead atoms. The molecule has 0 aliphatic rings. The van der Waals surface area contributed by atoms with Crippen LogP contribution in [0.5, 0.6) is 0 Å². The maximum atomic E-state index is 12.8. The fraction of sp³-hybridized carbons (Fsp3) is 0.673. The molecule has 0 saturated heterocycles. The van der Waals surface area contributed by atoms with Gasteiger partial charge in [-0.05, 0) is 116 Å². The lowest BCUT2D eigenvalue weighted by molar-refractivity contribution is -0.163. The minimum Gasteiger partial charge on any atom is -0.462 e. The Morgan fingerprint density at radius 3 is 1.25 bits per heavy atom. The van der Waals surface area contributed by atoms with Crippen LogP contribution in [0.4, 0.5) is 0 Å². The molecular weight excluding hydrogens is 741 g/mol. The second kappa shape index (κ2) is 50.2. The van der Waals surface area contributed by atoms with Gasteiger partial charge in [0.05, 0.1) is 6.61 Å². The van der Waals surface area contributed by atoms with E-state index in [-0.39, 0.29) is 25.2 Å². The minimum absolute atomic E-state index is 0.0464. The number of hydrogen-bond acceptors (Lipinski definition) is 5. The van der Waals surface area contributed by atoms with Crippen LogP contribution in [-0.2, 0) is 23.8 Å². The smallest absolute Gasteiger partial charge is 0.306 e. The summed E-state index contributed by atoms with van der Waals surface area (Å²) < 4.78 is 17.3. The molecule has 0 aromatic carbocycles. The molecule has 1 unspecified atom stereocenters. The normalized spacial score (nSPS) is 13.1. The summed E-state index contributed by atoms with van der Waals surface area (Å²) >= 11 is 0. The monoisotopic (exact) mass is 833 g/mol. The lowest BCUT2D eigenvalue weighted by Crippen LogP contribution is -2.30. The molecule has 1 atom stereocenters. The molecule has 0 saturated carbocycles. The van der Waals surface area contributed by atoms with Crippen molar-refractivity contribution in [3.63, 3.8) is 0 Å². The van der Waals surface area contributed by atoms with E-state index < -0.39 is 6.10 Å². The molecule has 0 radical (unpaired) electrons. The fourth-order valence-electron chi connectivity index (χ4n) is 6.45. The number of rotatable bonds is 44. The fourth-order valence-corrected chi connectivity index (χ4v) is 6.45. The third kappa shape index (κ3) is 47.5. The van der Waals surface area contributed by atoms with Gasteiger partial charge in [0.25, 0.3) is 0 Å². The molecule has 0 aliphatic heterocycles. The quantitative estimate of drug-likeness (QED) is 0.0348. The highest BCUT2D eigenvalue weighted by molar-refractivity contribution is 5.70. The number of carbonyl (C=O) groups is 2. The predicted molar refractivity (Wildman–Crippen MR) is 260 cm³/mol. The Bertz CT molecular complexity index is 1170. The van der Waals surface area contributed by atoms with Crippen LogP contribution in [-0.4, -0.2) is 37.9 Å². The van der Waals surface area contributed by atoms with E-state index in [1.807, 2.05) is 0 Å². The third-order valence-corrected chi connectivity index (χ3v) is 10.1. The highest BCUT2D eigenvalue weighted by atomic mass is 16.6. The van der Waals surface area contributed by atoms with Gasteiger partial charge in [0.2, 0.25) is 0 Å². The van der Waals surface area contributed by atoms with Crippen molar-refractivity contribution in [2.45, 2.75) is 219 Å². The Kier molecular flexibility index (Phi) is 47.5. The Labute approximate surface area is 371 Å². The number of unbranched alkanes of at least 4 members (excludes halogenated alkanes) is 17. The number of esters is 2. The average molecular weight is 833 g/mol. The first-order chi connectivity index (χ1) is 29.6. The molecule has 0 aromatic rings. The van der Waals surface area contributed by atoms with E-state index in [1.54, 1.807) is 0 Å². The van der Waals surface area contributed by atoms with Crippen molar-refractivity contribution in [3.05, 3.63) is 97.2 Å². The maximum absolute atomic E-state index is 12.8. The van der Waals surface area contributed by atoms with E-state index in [2.05, 4.69) is 118 Å². The average Bonchev–Trinajstić information content (AvgIpc) is 3.25. The summed E-state index contributed by atoms with van der Waals surface area (Å²) in [6.45, 7) is 7.49. The molecule has 0 rings (SSSR count). The molecule has 342 valence electrons. The molecule has 0 heterocycles. The number of ether oxygens (including phenoxy) is 3. The first kappa shape index (κ1) is 56.8. The Balaban J connectivity index is 4.40. The van der Waals surface area contributed by atoms with Gasteiger partial charge in [0, 0.05) is 19.4 Å². The number of allylic oxidation sites excluding steroid dienone is 16. The van der Waals surface area contributed by atoms with Crippen LogP contribution in [0, 0.1) is 0 Å². The summed E-state index contributed by atoms with van der Waals surface area (Å²) in [5.41, 5.74) is 0. The highest BCUT2D eigenvalue weighted by Gasteiger charge is 2.17. The predicted octanol–water partition coefficient (Wildman–Crippen LogP) is 16.7. The molecule has 5 heteroatoms. The van der Waals surface area contributed by atoms with Gasteiger partial charge in [-0.1, -0.05) is 182 Å². The Hall–Kier alpha value is -3.18. The second-order valence-corrected chi connectivity index (χ2v) is 15.9. The lowest BCUT2D eigenvalue weighted by Gasteiger charge is -2.18. The summed E-state index contributed by atoms with van der Waals surface area (Å²) in [7, 11) is 0. The van der Waals surface area contributed by atoms with Crippen molar-refractivity contribution in [1.82, 2.24) is 0 Å². The molecule has 0 amide bonds. The molecule has 0 aliphatic carbocycles. The summed E-state index contributed by atoms with van der Waals surface area (Å²) in [5, 5.41) is 0. The Morgan fingerprint density at radius 1 is 0.383 bits per heavy atom. The van der Waals surface area contributed by atoms with Crippen LogP contribution in [0.3, 0.4) is 0 Å². The van der Waals surface area contributed by atoms with E-state index >= 15 is 0 Å². The van der Waals surface area contributed by atoms with Crippen molar-refractivity contribution in [2.24, 2.45) is 0 Å². The van der Waals surface area contributed by atoms with Gasteiger partial charge in [-0.3, -0.25) is 9.59 Å². The lowest BCUT2D eigenvalue weighted by atomic mass is 10.1. The van der Waals surface area contributed by atoms with Crippen molar-refractivity contribution >= 4 is 11.9 Å². The first-order valence-corrected chi connectivity index (χ1v) is 24.8. The molecule has 0 aromatic heterocycles. The molecule has 0 fully saturated rings. The highest BCUT2D eigenvalue weighted by Crippen LogP contribution is 2.12. The first-order valence-electron chi connectivity index (χ1n) is 24.8. The van der Waals surface area contributed by atoms with Crippen LogP contribution in [0.2, 0.25) is 0 Å². The minimum atomic E-state index is -0.573. The van der Waals surface area contributed by atoms with E-state index in [9.17, 15) is 9.59 Å². The summed E-state index contributed by atoms with van der Waals surface area (Å²) in [6, 6.07) is 0. The SMILES string of the molecule is CC/C=C\C/C=C\C/C=C\C/C=C\CCCCC(=O)OCC(COCCCCCC/C=C\C/C=C\C/C=C\CC)OC(=O)CCCCCCC/C=C\CCCCCCCC. The van der Waals surface area contributed by atoms with E-state index in [4.69, 9.17) is 14.2 Å². The summed E-state index contributed by atoms with van der Waals surface area (Å²) in [4.78, 5) is 25.3. The zero-order valence-electron chi connectivity index (χ0n) is 39.2. The largest absolute Gasteiger partial charge is 0.462 e. The zero-order valence-corrected chi connectivity index (χ0v) is 39.2. The Morgan fingerprint density at radius 2 is 0.750 bits per heavy atom. The van der Waals surface area contributed by atoms with Crippen LogP contribution in [0.15, 0.2) is 97.2 Å². The standard InChI is InChI=1S/C55H92O5/c1-4-7-10-13-16-19-22-25-28-30-33-36-39-42-45-48-54(56)59-52-53(51-58-50-47-44-41-38-35-32-27-24-21-18-15-12-9-6-3)60-55(57)49-46-43-40-37-34-31-29-26-23-20-17-14-11-8-5-2/h7,9-10,12,16,18-19,21,25-29,32-33,36,53H,4-6,8,11,13-15,17,20,22-24,30-31,34-35,37-52H2,1-3H3/b10-7-,12-9-,19-16-,21-18-,28-25-,29-26-,32-27-,36-33-. The third-order valence-electron chi connectivity index (χ3n) is 10.1. The zero-order chi connectivity index (χ0) is 43.5. The number of hydrogen-bond donors (Lipinski definition) is 0. The molecule has 60 heavy (non-hydrogen) atoms. The van der Waals surface area contributed by atoms with Crippen molar-refractivity contribution in [2.75, 3.05) is 19.8 Å². The molecular formula is C55H92O5. The summed E-state index contributed by atoms with van der Waals surface area (Å²) in [5.74, 6) is -0.472. The van der Waals surface area contributed by atoms with Crippen molar-refractivity contribution < 1.29 is 23.8 Å². The maximum Gasteiger partial charge on any atom is 0.306 e. The molecule has 0 spiro atoms. The van der Waals surface area contributed by atoms with Gasteiger partial charge in [-0.2, -0.15) is 0 Å². The van der Waals surface area contributed by atoms with Gasteiger partial charge in [0.1, 0.15) is 6.61 Å². The van der Waals surface area contributed by atoms with E-state index in [0.717, 1.165) is 109 Å². The number of carbonyl (C=O) groups excluding carboxylic acids is 2. The van der Waals surface area contributed by atoms with Gasteiger partial charge < -0.3 is 14.2 Å². The van der Waals surface area contributed by atoms with Gasteiger partial charge in [-0.25, -0.2) is 0 Å². The van der Waals surface area contributed by atoms with Crippen LogP contribution in [0.1, 0.15) is 213 Å². The van der Waals surface area contributed by atoms with Crippen LogP contribution >= 0.6 is 0 Å². The van der Waals surface area contributed by atoms with Gasteiger partial charge in [0.15, 0.2) is 6.10 Å². The van der Waals surface area contributed by atoms with Gasteiger partial charge >= 0.3 is 11.9 Å². The molecule has 5 nitrogen and oxygen atoms in total. The van der Waals surface area contributed by atoms with Gasteiger partial charge in [-0.15, -0.1) is 0 Å². The second-order valence-electron chi connectivity index (χ2n) is 15.9. The van der Waals surface area contributed by atoms with Crippen LogP contribution in [0.25, 0.3) is 0 Å². The van der Waals surface area contributed by atoms with Crippen molar-refractivity contribution in [3.8, 4) is 0 Å². The molecule has 0 N–H and O–H groups in total.